The summed E-state index contributed by atoms with van der Waals surface area (Å²) in [4.78, 5) is 27.3. The van der Waals surface area contributed by atoms with Gasteiger partial charge >= 0.3 is 6.09 Å². The number of amides is 2. The van der Waals surface area contributed by atoms with Crippen LogP contribution in [0, 0.1) is 0 Å². The zero-order valence-electron chi connectivity index (χ0n) is 22.7. The van der Waals surface area contributed by atoms with Gasteiger partial charge in [0.15, 0.2) is 11.6 Å². The molecule has 10 nitrogen and oxygen atoms in total. The van der Waals surface area contributed by atoms with Crippen molar-refractivity contribution in [2.75, 3.05) is 13.2 Å². The summed E-state index contributed by atoms with van der Waals surface area (Å²) in [5.41, 5.74) is 6.93. The minimum absolute atomic E-state index is 0. The smallest absolute Gasteiger partial charge is 0.410 e. The second kappa shape index (κ2) is 12.9. The van der Waals surface area contributed by atoms with Crippen LogP contribution in [0.15, 0.2) is 72.8 Å². The number of aromatic nitrogens is 3. The molecule has 1 aromatic heterocycles. The Balaban J connectivity index is 0.00000387. The molecule has 216 valence electrons. The topological polar surface area (TPSA) is 125 Å². The van der Waals surface area contributed by atoms with E-state index in [1.54, 1.807) is 18.7 Å². The van der Waals surface area contributed by atoms with E-state index in [1.165, 1.54) is 0 Å². The first-order chi connectivity index (χ1) is 19.3. The number of hydrogen-bond donors (Lipinski definition) is 2. The van der Waals surface area contributed by atoms with Gasteiger partial charge in [0.25, 0.3) is 0 Å². The Bertz CT molecular complexity index is 1480. The summed E-state index contributed by atoms with van der Waals surface area (Å²) in [5, 5.41) is 13.8. The van der Waals surface area contributed by atoms with Crippen LogP contribution in [-0.4, -0.2) is 50.4 Å². The molecule has 0 aliphatic carbocycles. The van der Waals surface area contributed by atoms with Crippen molar-refractivity contribution >= 4 is 22.8 Å². The lowest BCUT2D eigenvalue weighted by Gasteiger charge is -2.29. The molecule has 0 spiro atoms. The van der Waals surface area contributed by atoms with Gasteiger partial charge in [-0.2, -0.15) is 0 Å². The van der Waals surface area contributed by atoms with Gasteiger partial charge in [-0.1, -0.05) is 80.2 Å². The zero-order valence-corrected chi connectivity index (χ0v) is 22.7. The first-order valence-corrected chi connectivity index (χ1v) is 13.3. The average molecular weight is 559 g/mol. The molecule has 1 aliphatic rings. The van der Waals surface area contributed by atoms with Crippen molar-refractivity contribution in [3.63, 3.8) is 0 Å². The molecule has 0 fully saturated rings. The molecule has 5 rings (SSSR count). The molecule has 0 radical (unpaired) electrons. The molecule has 0 saturated carbocycles. The highest BCUT2D eigenvalue weighted by atomic mass is 16.6. The number of nitrogens with two attached hydrogens (primary N) is 1. The quantitative estimate of drug-likeness (QED) is 0.313. The van der Waals surface area contributed by atoms with Gasteiger partial charge in [-0.3, -0.25) is 9.69 Å². The van der Waals surface area contributed by atoms with Crippen LogP contribution in [0.4, 0.5) is 4.79 Å². The average Bonchev–Trinajstić information content (AvgIpc) is 3.38. The molecular weight excluding hydrogens is 520 g/mol. The fourth-order valence-electron chi connectivity index (χ4n) is 4.64. The van der Waals surface area contributed by atoms with Crippen molar-refractivity contribution in [1.29, 1.82) is 0 Å². The second-order valence-electron chi connectivity index (χ2n) is 10.5. The standard InChI is InChI=1S/C30H34N6O4.CH4/c1-30(2,31)28(37)32-25(20-39-18-21-9-4-3-5-10-21)27-34-33-26-17-35(15-16-36(26)27)29(38)40-19-23-13-8-12-22-11-6-7-14-24(22)23;/h3-14,25H,15-20,31H2,1-2H3,(H,32,37);1H4/t25-;/m1./s1. The molecule has 0 bridgehead atoms. The van der Waals surface area contributed by atoms with E-state index in [1.807, 2.05) is 77.4 Å². The van der Waals surface area contributed by atoms with E-state index >= 15 is 0 Å². The summed E-state index contributed by atoms with van der Waals surface area (Å²) in [6, 6.07) is 23.2. The third-order valence-corrected chi connectivity index (χ3v) is 6.87. The minimum Gasteiger partial charge on any atom is -0.445 e. The number of rotatable bonds is 9. The first kappa shape index (κ1) is 29.7. The number of fused-ring (bicyclic) bond motifs is 2. The van der Waals surface area contributed by atoms with Gasteiger partial charge in [0.05, 0.1) is 25.3 Å². The zero-order chi connectivity index (χ0) is 28.1. The van der Waals surface area contributed by atoms with E-state index in [0.29, 0.717) is 31.3 Å². The first-order valence-electron chi connectivity index (χ1n) is 13.3. The monoisotopic (exact) mass is 558 g/mol. The summed E-state index contributed by atoms with van der Waals surface area (Å²) in [6.45, 7) is 5.16. The number of ether oxygens (including phenoxy) is 2. The van der Waals surface area contributed by atoms with E-state index in [9.17, 15) is 9.59 Å². The van der Waals surface area contributed by atoms with Crippen LogP contribution in [0.2, 0.25) is 0 Å². The molecule has 2 heterocycles. The van der Waals surface area contributed by atoms with Gasteiger partial charge in [0.2, 0.25) is 5.91 Å². The number of benzene rings is 3. The minimum atomic E-state index is -1.08. The molecule has 3 aromatic carbocycles. The molecule has 41 heavy (non-hydrogen) atoms. The van der Waals surface area contributed by atoms with Gasteiger partial charge in [0, 0.05) is 13.1 Å². The number of nitrogens with one attached hydrogen (secondary N) is 1. The third kappa shape index (κ3) is 7.08. The number of carbonyl (C=O) groups is 2. The predicted octanol–water partition coefficient (Wildman–Crippen LogP) is 4.33. The molecule has 10 heteroatoms. The fourth-order valence-corrected chi connectivity index (χ4v) is 4.64. The lowest BCUT2D eigenvalue weighted by atomic mass is 10.1. The van der Waals surface area contributed by atoms with Crippen LogP contribution < -0.4 is 11.1 Å². The maximum Gasteiger partial charge on any atom is 0.410 e. The predicted molar refractivity (Wildman–Crippen MR) is 157 cm³/mol. The number of carbonyl (C=O) groups excluding carboxylic acids is 2. The van der Waals surface area contributed by atoms with Gasteiger partial charge < -0.3 is 25.1 Å². The highest BCUT2D eigenvalue weighted by Gasteiger charge is 2.32. The second-order valence-corrected chi connectivity index (χ2v) is 10.5. The van der Waals surface area contributed by atoms with E-state index in [-0.39, 0.29) is 33.1 Å². The maximum absolute atomic E-state index is 12.9. The lowest BCUT2D eigenvalue weighted by Crippen LogP contribution is -2.51. The van der Waals surface area contributed by atoms with Crippen molar-refractivity contribution in [2.24, 2.45) is 5.73 Å². The molecule has 4 aromatic rings. The Morgan fingerprint density at radius 2 is 1.71 bits per heavy atom. The SMILES string of the molecule is C.CC(C)(N)C(=O)N[C@H](COCc1ccccc1)c1nnc2n1CCN(C(=O)OCc1cccc3ccccc13)C2. The van der Waals surface area contributed by atoms with Gasteiger partial charge in [-0.05, 0) is 35.7 Å². The molecular formula is C31H38N6O4. The van der Waals surface area contributed by atoms with Crippen LogP contribution in [0.1, 0.15) is 50.1 Å². The van der Waals surface area contributed by atoms with Crippen molar-refractivity contribution < 1.29 is 19.1 Å². The van der Waals surface area contributed by atoms with Crippen molar-refractivity contribution in [3.05, 3.63) is 95.6 Å². The normalized spacial score (nSPS) is 13.7. The van der Waals surface area contributed by atoms with Crippen LogP contribution in [0.5, 0.6) is 0 Å². The Morgan fingerprint density at radius 3 is 2.49 bits per heavy atom. The summed E-state index contributed by atoms with van der Waals surface area (Å²) in [5.74, 6) is 0.842. The molecule has 0 unspecified atom stereocenters. The van der Waals surface area contributed by atoms with Gasteiger partial charge in [-0.25, -0.2) is 4.79 Å². The van der Waals surface area contributed by atoms with Crippen molar-refractivity contribution in [3.8, 4) is 0 Å². The number of nitrogens with zero attached hydrogens (tertiary/aromatic N) is 4. The van der Waals surface area contributed by atoms with Gasteiger partial charge in [0.1, 0.15) is 12.6 Å². The van der Waals surface area contributed by atoms with Crippen LogP contribution in [0.25, 0.3) is 10.8 Å². The van der Waals surface area contributed by atoms with E-state index < -0.39 is 17.7 Å². The Kier molecular flexibility index (Phi) is 9.36. The Morgan fingerprint density at radius 1 is 0.976 bits per heavy atom. The third-order valence-electron chi connectivity index (χ3n) is 6.87. The lowest BCUT2D eigenvalue weighted by molar-refractivity contribution is -0.126. The van der Waals surface area contributed by atoms with Crippen molar-refractivity contribution in [1.82, 2.24) is 25.0 Å². The molecule has 3 N–H and O–H groups in total. The van der Waals surface area contributed by atoms with Gasteiger partial charge in [-0.15, -0.1) is 10.2 Å². The fraction of sp³-hybridized carbons (Fsp3) is 0.355. The maximum atomic E-state index is 12.9. The highest BCUT2D eigenvalue weighted by molar-refractivity contribution is 5.86. The van der Waals surface area contributed by atoms with E-state index in [0.717, 1.165) is 21.9 Å². The van der Waals surface area contributed by atoms with E-state index in [4.69, 9.17) is 15.2 Å². The summed E-state index contributed by atoms with van der Waals surface area (Å²) < 4.78 is 13.5. The summed E-state index contributed by atoms with van der Waals surface area (Å²) in [7, 11) is 0. The molecule has 0 saturated heterocycles. The largest absolute Gasteiger partial charge is 0.445 e. The van der Waals surface area contributed by atoms with Crippen LogP contribution in [0.3, 0.4) is 0 Å². The van der Waals surface area contributed by atoms with Crippen molar-refractivity contribution in [2.45, 2.75) is 59.2 Å². The molecule has 2 amide bonds. The number of hydrogen-bond acceptors (Lipinski definition) is 7. The molecule has 1 aliphatic heterocycles. The highest BCUT2D eigenvalue weighted by Crippen LogP contribution is 2.22. The Hall–Kier alpha value is -4.28. The summed E-state index contributed by atoms with van der Waals surface area (Å²) >= 11 is 0. The van der Waals surface area contributed by atoms with Crippen LogP contribution in [-0.2, 0) is 40.6 Å². The van der Waals surface area contributed by atoms with Crippen LogP contribution >= 0.6 is 0 Å². The van der Waals surface area contributed by atoms with E-state index in [2.05, 4.69) is 15.5 Å². The Labute approximate surface area is 240 Å². The molecule has 1 atom stereocenters. The summed E-state index contributed by atoms with van der Waals surface area (Å²) in [6.07, 6.45) is -0.412.